The number of aryl methyl sites for hydroxylation is 3. The highest BCUT2D eigenvalue weighted by molar-refractivity contribution is 6.28. The molecule has 250 valence electrons. The Kier molecular flexibility index (Phi) is 6.41. The molecule has 0 saturated carbocycles. The van der Waals surface area contributed by atoms with Crippen LogP contribution in [-0.4, -0.2) is 9.55 Å². The second kappa shape index (κ2) is 11.7. The molecule has 4 nitrogen and oxygen atoms in total. The fraction of sp³-hybridized carbons (Fsp3) is 0.191. The van der Waals surface area contributed by atoms with Crippen molar-refractivity contribution in [1.82, 2.24) is 9.55 Å². The van der Waals surface area contributed by atoms with Crippen molar-refractivity contribution in [3.8, 4) is 28.2 Å². The molecule has 0 spiro atoms. The average molecular weight is 668 g/mol. The summed E-state index contributed by atoms with van der Waals surface area (Å²) in [7, 11) is 2.09. The molecule has 0 fully saturated rings. The topological polar surface area (TPSA) is 34.8 Å². The maximum absolute atomic E-state index is 8.78. The number of imidazole rings is 1. The molecule has 0 bridgehead atoms. The number of benzene rings is 6. The van der Waals surface area contributed by atoms with Gasteiger partial charge >= 0.3 is 5.82 Å². The highest BCUT2D eigenvalue weighted by Crippen LogP contribution is 2.45. The lowest BCUT2D eigenvalue weighted by molar-refractivity contribution is -0.633. The van der Waals surface area contributed by atoms with Gasteiger partial charge in [0.25, 0.3) is 0 Å². The lowest BCUT2D eigenvalue weighted by Gasteiger charge is -2.21. The van der Waals surface area contributed by atoms with Crippen molar-refractivity contribution in [3.05, 3.63) is 138 Å². The molecule has 0 radical (unpaired) electrons. The molecule has 9 aromatic rings. The first kappa shape index (κ1) is 28.0. The van der Waals surface area contributed by atoms with E-state index in [9.17, 15) is 0 Å². The number of rotatable bonds is 5. The normalized spacial score (nSPS) is 13.3. The first-order valence-electron chi connectivity index (χ1n) is 19.3. The van der Waals surface area contributed by atoms with E-state index >= 15 is 0 Å². The van der Waals surface area contributed by atoms with Crippen LogP contribution in [0.3, 0.4) is 0 Å². The van der Waals surface area contributed by atoms with Gasteiger partial charge in [-0.25, -0.2) is 4.57 Å². The van der Waals surface area contributed by atoms with E-state index in [-0.39, 0.29) is 17.5 Å². The van der Waals surface area contributed by atoms with Crippen molar-refractivity contribution in [2.45, 2.75) is 53.3 Å². The minimum atomic E-state index is -2.48. The first-order valence-corrected chi connectivity index (χ1v) is 17.8. The molecule has 0 saturated heterocycles. The first-order chi connectivity index (χ1) is 25.9. The van der Waals surface area contributed by atoms with Gasteiger partial charge in [0.05, 0.1) is 18.1 Å². The van der Waals surface area contributed by atoms with Crippen LogP contribution in [0.5, 0.6) is 0 Å². The molecular weight excluding hydrogens is 623 g/mol. The Morgan fingerprint density at radius 2 is 1.35 bits per heavy atom. The van der Waals surface area contributed by atoms with E-state index in [4.69, 9.17) is 13.5 Å². The minimum absolute atomic E-state index is 0.0567. The van der Waals surface area contributed by atoms with E-state index in [1.165, 1.54) is 22.3 Å². The monoisotopic (exact) mass is 667 g/mol. The Hall–Kier alpha value is -5.74. The lowest BCUT2D eigenvalue weighted by Crippen LogP contribution is -2.31. The molecule has 0 N–H and O–H groups in total. The molecule has 0 atom stereocenters. The Labute approximate surface area is 302 Å². The summed E-state index contributed by atoms with van der Waals surface area (Å²) in [6.07, 6.45) is 0. The predicted molar refractivity (Wildman–Crippen MR) is 213 cm³/mol. The van der Waals surface area contributed by atoms with Gasteiger partial charge in [-0.2, -0.15) is 4.57 Å². The summed E-state index contributed by atoms with van der Waals surface area (Å²) in [4.78, 5) is 5.02. The zero-order valence-corrected chi connectivity index (χ0v) is 29.9. The molecule has 0 amide bonds. The fourth-order valence-corrected chi connectivity index (χ4v) is 8.23. The van der Waals surface area contributed by atoms with Crippen LogP contribution in [0.15, 0.2) is 120 Å². The van der Waals surface area contributed by atoms with Crippen LogP contribution in [0.1, 0.15) is 66.2 Å². The van der Waals surface area contributed by atoms with Gasteiger partial charge in [-0.3, -0.25) is 4.98 Å². The second-order valence-electron chi connectivity index (χ2n) is 14.4. The van der Waals surface area contributed by atoms with Crippen LogP contribution in [0.4, 0.5) is 0 Å². The number of hydrogen-bond acceptors (Lipinski definition) is 2. The number of pyridine rings is 1. The van der Waals surface area contributed by atoms with Crippen molar-refractivity contribution in [2.24, 2.45) is 7.05 Å². The summed E-state index contributed by atoms with van der Waals surface area (Å²) < 4.78 is 37.9. The third-order valence-electron chi connectivity index (χ3n) is 10.6. The number of aromatic nitrogens is 3. The van der Waals surface area contributed by atoms with Gasteiger partial charge in [-0.05, 0) is 83.2 Å². The van der Waals surface area contributed by atoms with E-state index < -0.39 is 6.85 Å². The number of hydrogen-bond donors (Lipinski definition) is 0. The highest BCUT2D eigenvalue weighted by atomic mass is 16.3. The summed E-state index contributed by atoms with van der Waals surface area (Å²) in [5, 5.41) is 5.43. The van der Waals surface area contributed by atoms with E-state index in [1.54, 1.807) is 0 Å². The Morgan fingerprint density at radius 1 is 0.686 bits per heavy atom. The smallest absolute Gasteiger partial charge is 0.300 e. The van der Waals surface area contributed by atoms with Crippen molar-refractivity contribution in [3.63, 3.8) is 0 Å². The van der Waals surface area contributed by atoms with Crippen molar-refractivity contribution >= 4 is 54.5 Å². The summed E-state index contributed by atoms with van der Waals surface area (Å²) in [5.74, 6) is 1.28. The van der Waals surface area contributed by atoms with E-state index in [0.29, 0.717) is 22.2 Å². The van der Waals surface area contributed by atoms with Crippen molar-refractivity contribution in [2.75, 3.05) is 0 Å². The van der Waals surface area contributed by atoms with Crippen LogP contribution in [-0.2, 0) is 7.05 Å². The molecule has 3 heterocycles. The molecule has 0 aliphatic heterocycles. The number of nitrogens with zero attached hydrogens (tertiary/aromatic N) is 3. The quantitative estimate of drug-likeness (QED) is 0.135. The average Bonchev–Trinajstić information content (AvgIpc) is 3.68. The fourth-order valence-electron chi connectivity index (χ4n) is 8.23. The third-order valence-corrected chi connectivity index (χ3v) is 10.6. The summed E-state index contributed by atoms with van der Waals surface area (Å²) in [6.45, 7) is 8.46. The van der Waals surface area contributed by atoms with Gasteiger partial charge in [0, 0.05) is 31.7 Å². The van der Waals surface area contributed by atoms with Gasteiger partial charge in [0.2, 0.25) is 0 Å². The largest absolute Gasteiger partial charge is 0.455 e. The molecule has 9 rings (SSSR count). The lowest BCUT2D eigenvalue weighted by atomic mass is 9.88. The molecule has 0 aliphatic rings. The Balaban J connectivity index is 1.48. The van der Waals surface area contributed by atoms with E-state index in [2.05, 4.69) is 141 Å². The molecule has 4 heteroatoms. The van der Waals surface area contributed by atoms with Gasteiger partial charge in [0.15, 0.2) is 16.6 Å². The van der Waals surface area contributed by atoms with Crippen molar-refractivity contribution in [1.29, 1.82) is 0 Å². The Morgan fingerprint density at radius 3 is 2.10 bits per heavy atom. The maximum Gasteiger partial charge on any atom is 0.300 e. The van der Waals surface area contributed by atoms with Gasteiger partial charge < -0.3 is 4.42 Å². The minimum Gasteiger partial charge on any atom is -0.455 e. The molecule has 51 heavy (non-hydrogen) atoms. The maximum atomic E-state index is 8.78. The zero-order valence-electron chi connectivity index (χ0n) is 32.9. The van der Waals surface area contributed by atoms with Crippen LogP contribution >= 0.6 is 0 Å². The van der Waals surface area contributed by atoms with Crippen LogP contribution in [0, 0.1) is 13.8 Å². The van der Waals surface area contributed by atoms with Gasteiger partial charge in [0.1, 0.15) is 16.8 Å². The second-order valence-corrected chi connectivity index (χ2v) is 14.4. The summed E-state index contributed by atoms with van der Waals surface area (Å²) in [6, 6.07) is 40.3. The number of fused-ring (bicyclic) bond motifs is 8. The molecule has 0 aliphatic carbocycles. The van der Waals surface area contributed by atoms with Gasteiger partial charge in [-0.1, -0.05) is 113 Å². The molecule has 6 aromatic carbocycles. The van der Waals surface area contributed by atoms with Crippen LogP contribution in [0.25, 0.3) is 82.7 Å². The van der Waals surface area contributed by atoms with E-state index in [1.807, 2.05) is 25.1 Å². The molecular formula is C47H42N3O+. The zero-order chi connectivity index (χ0) is 37.6. The van der Waals surface area contributed by atoms with Crippen LogP contribution < -0.4 is 4.57 Å². The molecule has 0 unspecified atom stereocenters. The third kappa shape index (κ3) is 4.66. The number of para-hydroxylation sites is 2. The van der Waals surface area contributed by atoms with E-state index in [0.717, 1.165) is 55.0 Å². The predicted octanol–water partition coefficient (Wildman–Crippen LogP) is 12.3. The van der Waals surface area contributed by atoms with Gasteiger partial charge in [-0.15, -0.1) is 0 Å². The highest BCUT2D eigenvalue weighted by Gasteiger charge is 2.35. The summed E-state index contributed by atoms with van der Waals surface area (Å²) >= 11 is 0. The summed E-state index contributed by atoms with van der Waals surface area (Å²) in [5.41, 5.74) is 10.6. The number of furan rings is 1. The molecule has 3 aromatic heterocycles. The SMILES string of the molecule is [2H]C([2H])([2H])c1nc(C)c(-c2n(-c3c(C(C)C)cc(-c4ccccc4)cc3C(C)C)c3ccccc3[n+]2C)c2oc3ccc4ccc5ccccc5c4c3c12. The van der Waals surface area contributed by atoms with Crippen molar-refractivity contribution < 1.29 is 13.1 Å². The Bertz CT molecular complexity index is 2920. The standard InChI is InChI=1S/C47H42N3O/c1-27(2)36-25-34(31-15-9-8-10-16-31)26-37(28(3)4)45(36)50-39-20-14-13-19-38(39)49(7)47(50)42-30(6)48-29(5)41-44-40(51-46(41)42)24-23-33-22-21-32-17-11-12-18-35(32)43(33)44/h8-28H,1-7H3/q+1/i5D3. The van der Waals surface area contributed by atoms with Crippen LogP contribution in [0.2, 0.25) is 0 Å².